The zero-order chi connectivity index (χ0) is 5.98. The van der Waals surface area contributed by atoms with Crippen molar-refractivity contribution >= 4 is 17.7 Å². The third-order valence-corrected chi connectivity index (χ3v) is 2.08. The third-order valence-electron chi connectivity index (χ3n) is 1.06. The number of β-lactam (4-membered cyclic amide) rings is 1. The number of carbonyl (C=O) groups is 1. The molecule has 1 fully saturated rings. The fourth-order valence-corrected chi connectivity index (χ4v) is 1.51. The maximum atomic E-state index is 10.3. The molecule has 0 bridgehead atoms. The van der Waals surface area contributed by atoms with Gasteiger partial charge in [-0.3, -0.25) is 4.79 Å². The molecule has 1 rings (SSSR count). The fraction of sp³-hybridized carbons (Fsp3) is 0.800. The summed E-state index contributed by atoms with van der Waals surface area (Å²) in [5.74, 6) is 1.28. The molecule has 1 saturated heterocycles. The second-order valence-electron chi connectivity index (χ2n) is 1.72. The predicted molar refractivity (Wildman–Crippen MR) is 34.7 cm³/mol. The van der Waals surface area contributed by atoms with E-state index in [2.05, 4.69) is 12.2 Å². The SMILES string of the molecule is CCSC1CC(=O)N1. The van der Waals surface area contributed by atoms with Crippen LogP contribution in [0.2, 0.25) is 0 Å². The van der Waals surface area contributed by atoms with Gasteiger partial charge in [0.1, 0.15) is 0 Å². The zero-order valence-corrected chi connectivity index (χ0v) is 5.62. The van der Waals surface area contributed by atoms with Gasteiger partial charge < -0.3 is 5.32 Å². The highest BCUT2D eigenvalue weighted by Crippen LogP contribution is 2.17. The van der Waals surface area contributed by atoms with Crippen LogP contribution in [0.3, 0.4) is 0 Å². The van der Waals surface area contributed by atoms with E-state index in [0.29, 0.717) is 5.37 Å². The lowest BCUT2D eigenvalue weighted by molar-refractivity contribution is -0.126. The largest absolute Gasteiger partial charge is 0.344 e. The lowest BCUT2D eigenvalue weighted by Gasteiger charge is -2.25. The van der Waals surface area contributed by atoms with Gasteiger partial charge in [0.25, 0.3) is 0 Å². The van der Waals surface area contributed by atoms with E-state index in [9.17, 15) is 4.79 Å². The van der Waals surface area contributed by atoms with Crippen LogP contribution in [0.4, 0.5) is 0 Å². The number of amides is 1. The topological polar surface area (TPSA) is 29.1 Å². The highest BCUT2D eigenvalue weighted by molar-refractivity contribution is 7.99. The Morgan fingerprint density at radius 1 is 2.00 bits per heavy atom. The van der Waals surface area contributed by atoms with Crippen LogP contribution >= 0.6 is 11.8 Å². The van der Waals surface area contributed by atoms with Gasteiger partial charge in [-0.05, 0) is 5.75 Å². The minimum atomic E-state index is 0.191. The second-order valence-corrected chi connectivity index (χ2v) is 3.20. The lowest BCUT2D eigenvalue weighted by Crippen LogP contribution is -2.46. The van der Waals surface area contributed by atoms with E-state index in [-0.39, 0.29) is 5.91 Å². The fourth-order valence-electron chi connectivity index (χ4n) is 0.629. The van der Waals surface area contributed by atoms with Gasteiger partial charge >= 0.3 is 0 Å². The van der Waals surface area contributed by atoms with E-state index < -0.39 is 0 Å². The Hall–Kier alpha value is -0.180. The highest BCUT2D eigenvalue weighted by atomic mass is 32.2. The summed E-state index contributed by atoms with van der Waals surface area (Å²) >= 11 is 1.79. The average Bonchev–Trinajstić information content (AvgIpc) is 1.64. The Morgan fingerprint density at radius 3 is 3.00 bits per heavy atom. The van der Waals surface area contributed by atoms with Gasteiger partial charge in [0.15, 0.2) is 0 Å². The molecule has 0 aromatic rings. The smallest absolute Gasteiger partial charge is 0.223 e. The van der Waals surface area contributed by atoms with Crippen molar-refractivity contribution in [1.82, 2.24) is 5.32 Å². The first-order valence-electron chi connectivity index (χ1n) is 2.74. The normalized spacial score (nSPS) is 26.6. The summed E-state index contributed by atoms with van der Waals surface area (Å²) in [5, 5.41) is 3.19. The van der Waals surface area contributed by atoms with Crippen LogP contribution in [0, 0.1) is 0 Å². The average molecular weight is 131 g/mol. The number of nitrogens with one attached hydrogen (secondary N) is 1. The van der Waals surface area contributed by atoms with Gasteiger partial charge in [-0.15, -0.1) is 11.8 Å². The Kier molecular flexibility index (Phi) is 1.78. The third kappa shape index (κ3) is 1.15. The minimum absolute atomic E-state index is 0.191. The first-order chi connectivity index (χ1) is 3.83. The quantitative estimate of drug-likeness (QED) is 0.555. The van der Waals surface area contributed by atoms with Crippen LogP contribution in [-0.2, 0) is 4.79 Å². The summed E-state index contributed by atoms with van der Waals surface area (Å²) in [7, 11) is 0. The molecule has 46 valence electrons. The number of hydrogen-bond acceptors (Lipinski definition) is 2. The molecular formula is C5H9NOS. The zero-order valence-electron chi connectivity index (χ0n) is 4.81. The van der Waals surface area contributed by atoms with Gasteiger partial charge in [-0.2, -0.15) is 0 Å². The van der Waals surface area contributed by atoms with Gasteiger partial charge in [-0.1, -0.05) is 6.92 Å². The van der Waals surface area contributed by atoms with Gasteiger partial charge in [0, 0.05) is 0 Å². The van der Waals surface area contributed by atoms with Gasteiger partial charge in [-0.25, -0.2) is 0 Å². The molecule has 0 aliphatic carbocycles. The summed E-state index contributed by atoms with van der Waals surface area (Å²) in [5.41, 5.74) is 0. The van der Waals surface area contributed by atoms with E-state index in [0.717, 1.165) is 12.2 Å². The van der Waals surface area contributed by atoms with Crippen molar-refractivity contribution in [2.45, 2.75) is 18.7 Å². The summed E-state index contributed by atoms with van der Waals surface area (Å²) in [6.07, 6.45) is 0.721. The maximum absolute atomic E-state index is 10.3. The summed E-state index contributed by atoms with van der Waals surface area (Å²) in [4.78, 5) is 10.3. The highest BCUT2D eigenvalue weighted by Gasteiger charge is 2.23. The molecule has 1 aliphatic rings. The molecule has 1 atom stereocenters. The molecule has 1 unspecified atom stereocenters. The molecule has 1 N–H and O–H groups in total. The van der Waals surface area contributed by atoms with Gasteiger partial charge in [0.2, 0.25) is 5.91 Å². The first-order valence-corrected chi connectivity index (χ1v) is 3.78. The Balaban J connectivity index is 2.06. The standard InChI is InChI=1S/C5H9NOS/c1-2-8-5-3-4(7)6-5/h5H,2-3H2,1H3,(H,6,7). The van der Waals surface area contributed by atoms with Crippen molar-refractivity contribution in [3.63, 3.8) is 0 Å². The van der Waals surface area contributed by atoms with Crippen LogP contribution in [0.25, 0.3) is 0 Å². The molecule has 8 heavy (non-hydrogen) atoms. The van der Waals surface area contributed by atoms with E-state index in [1.807, 2.05) is 0 Å². The molecule has 1 aliphatic heterocycles. The van der Waals surface area contributed by atoms with Crippen molar-refractivity contribution in [2.75, 3.05) is 5.75 Å². The molecule has 1 amide bonds. The summed E-state index contributed by atoms with van der Waals surface area (Å²) in [6.45, 7) is 2.09. The van der Waals surface area contributed by atoms with Crippen molar-refractivity contribution in [2.24, 2.45) is 0 Å². The van der Waals surface area contributed by atoms with Crippen molar-refractivity contribution in [3.05, 3.63) is 0 Å². The van der Waals surface area contributed by atoms with E-state index in [1.54, 1.807) is 11.8 Å². The van der Waals surface area contributed by atoms with Crippen molar-refractivity contribution in [1.29, 1.82) is 0 Å². The van der Waals surface area contributed by atoms with Gasteiger partial charge in [0.05, 0.1) is 11.8 Å². The van der Waals surface area contributed by atoms with Crippen molar-refractivity contribution < 1.29 is 4.79 Å². The Bertz CT molecular complexity index is 96.6. The number of carbonyl (C=O) groups excluding carboxylic acids is 1. The van der Waals surface area contributed by atoms with E-state index in [1.165, 1.54) is 0 Å². The molecule has 0 spiro atoms. The lowest BCUT2D eigenvalue weighted by atomic mass is 10.3. The van der Waals surface area contributed by atoms with Crippen LogP contribution < -0.4 is 5.32 Å². The summed E-state index contributed by atoms with van der Waals surface area (Å²) in [6, 6.07) is 0. The molecule has 0 aromatic carbocycles. The predicted octanol–water partition coefficient (Wildman–Crippen LogP) is 0.585. The molecule has 2 nitrogen and oxygen atoms in total. The molecule has 3 heteroatoms. The van der Waals surface area contributed by atoms with Crippen LogP contribution in [0.15, 0.2) is 0 Å². The molecule has 0 saturated carbocycles. The Morgan fingerprint density at radius 2 is 2.62 bits per heavy atom. The van der Waals surface area contributed by atoms with Crippen LogP contribution in [0.1, 0.15) is 13.3 Å². The molecule has 1 heterocycles. The van der Waals surface area contributed by atoms with E-state index >= 15 is 0 Å². The second kappa shape index (κ2) is 2.40. The van der Waals surface area contributed by atoms with Crippen LogP contribution in [0.5, 0.6) is 0 Å². The number of rotatable bonds is 2. The maximum Gasteiger partial charge on any atom is 0.223 e. The summed E-state index contributed by atoms with van der Waals surface area (Å²) < 4.78 is 0. The van der Waals surface area contributed by atoms with Crippen LogP contribution in [-0.4, -0.2) is 17.0 Å². The van der Waals surface area contributed by atoms with Crippen molar-refractivity contribution in [3.8, 4) is 0 Å². The minimum Gasteiger partial charge on any atom is -0.344 e. The number of thioether (sulfide) groups is 1. The molecule has 0 aromatic heterocycles. The first kappa shape index (κ1) is 5.95. The Labute approximate surface area is 53.0 Å². The van der Waals surface area contributed by atoms with E-state index in [4.69, 9.17) is 0 Å². The molecule has 0 radical (unpaired) electrons. The monoisotopic (exact) mass is 131 g/mol. The number of hydrogen-bond donors (Lipinski definition) is 1. The molecular weight excluding hydrogens is 122 g/mol.